The van der Waals surface area contributed by atoms with Gasteiger partial charge in [-0.2, -0.15) is 0 Å². The number of nitrogens with one attached hydrogen (secondary N) is 2. The smallest absolute Gasteiger partial charge is 0.224 e. The van der Waals surface area contributed by atoms with Crippen LogP contribution in [0.5, 0.6) is 5.75 Å². The van der Waals surface area contributed by atoms with Crippen molar-refractivity contribution in [1.82, 2.24) is 10.6 Å². The van der Waals surface area contributed by atoms with Crippen molar-refractivity contribution in [3.63, 3.8) is 0 Å². The highest BCUT2D eigenvalue weighted by Gasteiger charge is 2.12. The third-order valence-corrected chi connectivity index (χ3v) is 3.88. The lowest BCUT2D eigenvalue weighted by molar-refractivity contribution is -0.120. The Morgan fingerprint density at radius 2 is 2.30 bits per heavy atom. The normalized spacial score (nSPS) is 14.0. The van der Waals surface area contributed by atoms with Crippen molar-refractivity contribution in [2.45, 2.75) is 12.8 Å². The highest BCUT2D eigenvalue weighted by atomic mass is 35.5. The Hall–Kier alpha value is -1.98. The molecule has 0 atom stereocenters. The first-order valence-corrected chi connectivity index (χ1v) is 7.45. The molecule has 124 valence electrons. The number of hydrogen-bond acceptors (Lipinski definition) is 4. The van der Waals surface area contributed by atoms with E-state index in [1.807, 2.05) is 18.2 Å². The fourth-order valence-electron chi connectivity index (χ4n) is 2.61. The lowest BCUT2D eigenvalue weighted by atomic mass is 10.1. The van der Waals surface area contributed by atoms with Gasteiger partial charge in [0.1, 0.15) is 11.3 Å². The lowest BCUT2D eigenvalue weighted by Gasteiger charge is -2.14. The van der Waals surface area contributed by atoms with Crippen molar-refractivity contribution < 1.29 is 13.9 Å². The molecule has 2 aromatic rings. The molecular formula is C17H21ClN2O3. The Balaban J connectivity index is 0.00000192. The summed E-state index contributed by atoms with van der Waals surface area (Å²) in [5, 5.41) is 7.19. The minimum atomic E-state index is 0. The Bertz CT molecular complexity index is 709. The van der Waals surface area contributed by atoms with E-state index in [0.29, 0.717) is 13.0 Å². The summed E-state index contributed by atoms with van der Waals surface area (Å²) in [7, 11) is 1.62. The molecule has 0 saturated heterocycles. The first kappa shape index (κ1) is 17.4. The van der Waals surface area contributed by atoms with Crippen molar-refractivity contribution in [2.75, 3.05) is 26.7 Å². The van der Waals surface area contributed by atoms with E-state index in [-0.39, 0.29) is 18.3 Å². The molecule has 1 amide bonds. The molecule has 1 aromatic heterocycles. The van der Waals surface area contributed by atoms with Crippen LogP contribution in [0, 0.1) is 0 Å². The van der Waals surface area contributed by atoms with Crippen LogP contribution < -0.4 is 15.4 Å². The van der Waals surface area contributed by atoms with Crippen LogP contribution >= 0.6 is 12.4 Å². The minimum Gasteiger partial charge on any atom is -0.497 e. The molecule has 3 rings (SSSR count). The first-order chi connectivity index (χ1) is 10.8. The largest absolute Gasteiger partial charge is 0.497 e. The highest BCUT2D eigenvalue weighted by molar-refractivity contribution is 5.88. The summed E-state index contributed by atoms with van der Waals surface area (Å²) in [6.45, 7) is 2.50. The van der Waals surface area contributed by atoms with Crippen LogP contribution in [0.3, 0.4) is 0 Å². The van der Waals surface area contributed by atoms with E-state index in [1.54, 1.807) is 13.4 Å². The van der Waals surface area contributed by atoms with Crippen LogP contribution in [0.2, 0.25) is 0 Å². The molecule has 23 heavy (non-hydrogen) atoms. The Morgan fingerprint density at radius 1 is 1.43 bits per heavy atom. The summed E-state index contributed by atoms with van der Waals surface area (Å²) in [4.78, 5) is 12.1. The van der Waals surface area contributed by atoms with Crippen LogP contribution in [0.15, 0.2) is 40.5 Å². The second kappa shape index (κ2) is 8.04. The van der Waals surface area contributed by atoms with Crippen LogP contribution in [0.1, 0.15) is 12.0 Å². The number of amides is 1. The number of rotatable bonds is 5. The third-order valence-electron chi connectivity index (χ3n) is 3.88. The summed E-state index contributed by atoms with van der Waals surface area (Å²) >= 11 is 0. The summed E-state index contributed by atoms with van der Waals surface area (Å²) < 4.78 is 10.7. The molecule has 6 heteroatoms. The number of hydrogen-bond donors (Lipinski definition) is 2. The fraction of sp³-hybridized carbons (Fsp3) is 0.353. The number of furan rings is 1. The van der Waals surface area contributed by atoms with Gasteiger partial charge in [0.25, 0.3) is 0 Å². The standard InChI is InChI=1S/C17H20N2O3.ClH/c1-21-14-2-3-15-13(11-22-16(15)9-14)8-17(20)19-10-12-4-6-18-7-5-12;/h2-4,9,11,18H,5-8,10H2,1H3,(H,19,20);1H. The number of benzene rings is 1. The van der Waals surface area contributed by atoms with Crippen molar-refractivity contribution in [3.8, 4) is 5.75 Å². The molecule has 2 N–H and O–H groups in total. The number of fused-ring (bicyclic) bond motifs is 1. The van der Waals surface area contributed by atoms with Gasteiger partial charge >= 0.3 is 0 Å². The summed E-state index contributed by atoms with van der Waals surface area (Å²) in [5.74, 6) is 0.758. The number of carbonyl (C=O) groups excluding carboxylic acids is 1. The van der Waals surface area contributed by atoms with Crippen LogP contribution in [0.25, 0.3) is 11.0 Å². The molecule has 0 spiro atoms. The molecule has 1 aromatic carbocycles. The number of methoxy groups -OCH3 is 1. The van der Waals surface area contributed by atoms with E-state index in [4.69, 9.17) is 9.15 Å². The van der Waals surface area contributed by atoms with Crippen molar-refractivity contribution >= 4 is 29.3 Å². The fourth-order valence-corrected chi connectivity index (χ4v) is 2.61. The van der Waals surface area contributed by atoms with Gasteiger partial charge < -0.3 is 19.8 Å². The van der Waals surface area contributed by atoms with Crippen molar-refractivity contribution in [3.05, 3.63) is 41.7 Å². The maximum Gasteiger partial charge on any atom is 0.224 e. The van der Waals surface area contributed by atoms with Gasteiger partial charge in [0.05, 0.1) is 19.8 Å². The Labute approximate surface area is 141 Å². The van der Waals surface area contributed by atoms with E-state index < -0.39 is 0 Å². The van der Waals surface area contributed by atoms with Gasteiger partial charge in [-0.15, -0.1) is 12.4 Å². The summed E-state index contributed by atoms with van der Waals surface area (Å²) in [5.41, 5.74) is 2.92. The molecule has 1 aliphatic heterocycles. The molecule has 0 aliphatic carbocycles. The second-order valence-corrected chi connectivity index (χ2v) is 5.39. The SMILES string of the molecule is COc1ccc2c(CC(=O)NCC3=CCNCC3)coc2c1.Cl. The molecule has 0 unspecified atom stereocenters. The van der Waals surface area contributed by atoms with E-state index >= 15 is 0 Å². The third kappa shape index (κ3) is 4.27. The van der Waals surface area contributed by atoms with Crippen molar-refractivity contribution in [1.29, 1.82) is 0 Å². The molecule has 0 bridgehead atoms. The molecule has 0 radical (unpaired) electrons. The van der Waals surface area contributed by atoms with E-state index in [1.165, 1.54) is 5.57 Å². The summed E-state index contributed by atoms with van der Waals surface area (Å²) in [6.07, 6.45) is 5.11. The van der Waals surface area contributed by atoms with Gasteiger partial charge in [-0.3, -0.25) is 4.79 Å². The summed E-state index contributed by atoms with van der Waals surface area (Å²) in [6, 6.07) is 5.63. The predicted octanol–water partition coefficient (Wildman–Crippen LogP) is 2.44. The predicted molar refractivity (Wildman–Crippen MR) is 92.3 cm³/mol. The first-order valence-electron chi connectivity index (χ1n) is 7.45. The number of halogens is 1. The second-order valence-electron chi connectivity index (χ2n) is 5.39. The highest BCUT2D eigenvalue weighted by Crippen LogP contribution is 2.25. The monoisotopic (exact) mass is 336 g/mol. The zero-order valence-corrected chi connectivity index (χ0v) is 13.9. The van der Waals surface area contributed by atoms with Gasteiger partial charge in [-0.25, -0.2) is 0 Å². The zero-order chi connectivity index (χ0) is 15.4. The Kier molecular flexibility index (Phi) is 6.07. The van der Waals surface area contributed by atoms with E-state index in [9.17, 15) is 4.79 Å². The lowest BCUT2D eigenvalue weighted by Crippen LogP contribution is -2.30. The van der Waals surface area contributed by atoms with Gasteiger partial charge in [0.15, 0.2) is 0 Å². The van der Waals surface area contributed by atoms with Gasteiger partial charge in [0.2, 0.25) is 5.91 Å². The number of carbonyl (C=O) groups is 1. The molecule has 2 heterocycles. The van der Waals surface area contributed by atoms with Gasteiger partial charge in [0, 0.05) is 30.1 Å². The van der Waals surface area contributed by atoms with Crippen molar-refractivity contribution in [2.24, 2.45) is 0 Å². The molecular weight excluding hydrogens is 316 g/mol. The molecule has 1 aliphatic rings. The maximum absolute atomic E-state index is 12.1. The molecule has 0 fully saturated rings. The van der Waals surface area contributed by atoms with E-state index in [2.05, 4.69) is 16.7 Å². The average Bonchev–Trinajstić information content (AvgIpc) is 2.96. The number of ether oxygens (including phenoxy) is 1. The van der Waals surface area contributed by atoms with E-state index in [0.717, 1.165) is 41.8 Å². The van der Waals surface area contributed by atoms with Crippen LogP contribution in [-0.2, 0) is 11.2 Å². The quantitative estimate of drug-likeness (QED) is 0.823. The Morgan fingerprint density at radius 3 is 3.04 bits per heavy atom. The molecule has 5 nitrogen and oxygen atoms in total. The van der Waals surface area contributed by atoms with Crippen LogP contribution in [0.4, 0.5) is 0 Å². The zero-order valence-electron chi connectivity index (χ0n) is 13.1. The van der Waals surface area contributed by atoms with Gasteiger partial charge in [-0.05, 0) is 25.1 Å². The average molecular weight is 337 g/mol. The van der Waals surface area contributed by atoms with Crippen LogP contribution in [-0.4, -0.2) is 32.7 Å². The molecule has 0 saturated carbocycles. The maximum atomic E-state index is 12.1. The topological polar surface area (TPSA) is 63.5 Å². The minimum absolute atomic E-state index is 0. The van der Waals surface area contributed by atoms with Gasteiger partial charge in [-0.1, -0.05) is 11.6 Å².